The highest BCUT2D eigenvalue weighted by molar-refractivity contribution is 6.08. The van der Waals surface area contributed by atoms with Crippen molar-refractivity contribution in [1.29, 1.82) is 0 Å². The molecule has 0 radical (unpaired) electrons. The molecule has 2 aromatic heterocycles. The zero-order chi connectivity index (χ0) is 20.0. The average Bonchev–Trinajstić information content (AvgIpc) is 3.15. The van der Waals surface area contributed by atoms with Crippen LogP contribution < -0.4 is 0 Å². The number of nitro groups is 1. The number of nitrogens with zero attached hydrogens (tertiary/aromatic N) is 4. The van der Waals surface area contributed by atoms with Gasteiger partial charge in [-0.1, -0.05) is 48.5 Å². The van der Waals surface area contributed by atoms with Gasteiger partial charge in [0.05, 0.1) is 16.1 Å². The van der Waals surface area contributed by atoms with E-state index in [2.05, 4.69) is 4.98 Å². The van der Waals surface area contributed by atoms with Crippen LogP contribution in [0.15, 0.2) is 79.0 Å². The van der Waals surface area contributed by atoms with E-state index in [1.165, 1.54) is 18.2 Å². The summed E-state index contributed by atoms with van der Waals surface area (Å²) in [5, 5.41) is 17.3. The first kappa shape index (κ1) is 17.0. The highest BCUT2D eigenvalue weighted by atomic mass is 19.1. The van der Waals surface area contributed by atoms with Crippen molar-refractivity contribution in [3.8, 4) is 16.9 Å². The summed E-state index contributed by atoms with van der Waals surface area (Å²) in [4.78, 5) is 15.1. The molecule has 0 amide bonds. The first-order valence-electron chi connectivity index (χ1n) is 8.90. The molecule has 0 spiro atoms. The van der Waals surface area contributed by atoms with E-state index in [1.807, 2.05) is 30.3 Å². The van der Waals surface area contributed by atoms with Crippen molar-refractivity contribution in [2.24, 2.45) is 0 Å². The number of halogens is 1. The number of rotatable bonds is 3. The van der Waals surface area contributed by atoms with Gasteiger partial charge in [-0.25, -0.2) is 9.07 Å². The summed E-state index contributed by atoms with van der Waals surface area (Å²) in [5.74, 6) is -0.433. The molecular weight excluding hydrogens is 371 g/mol. The third-order valence-corrected chi connectivity index (χ3v) is 4.82. The van der Waals surface area contributed by atoms with Crippen LogP contribution in [0.5, 0.6) is 0 Å². The summed E-state index contributed by atoms with van der Waals surface area (Å²) >= 11 is 0. The number of fused-ring (bicyclic) bond motifs is 3. The van der Waals surface area contributed by atoms with Crippen LogP contribution in [0.3, 0.4) is 0 Å². The molecule has 2 heterocycles. The molecule has 0 aliphatic heterocycles. The van der Waals surface area contributed by atoms with Gasteiger partial charge in [-0.05, 0) is 12.1 Å². The molecule has 29 heavy (non-hydrogen) atoms. The van der Waals surface area contributed by atoms with Gasteiger partial charge >= 0.3 is 0 Å². The Morgan fingerprint density at radius 3 is 2.52 bits per heavy atom. The van der Waals surface area contributed by atoms with Gasteiger partial charge in [0.25, 0.3) is 5.69 Å². The lowest BCUT2D eigenvalue weighted by molar-refractivity contribution is -0.384. The Morgan fingerprint density at radius 2 is 1.72 bits per heavy atom. The van der Waals surface area contributed by atoms with E-state index in [0.717, 1.165) is 10.9 Å². The van der Waals surface area contributed by atoms with Crippen molar-refractivity contribution in [2.45, 2.75) is 0 Å². The zero-order valence-electron chi connectivity index (χ0n) is 15.0. The summed E-state index contributed by atoms with van der Waals surface area (Å²) in [6.45, 7) is 0. The predicted octanol–water partition coefficient (Wildman–Crippen LogP) is 5.29. The van der Waals surface area contributed by atoms with E-state index < -0.39 is 10.7 Å². The van der Waals surface area contributed by atoms with Gasteiger partial charge in [0.1, 0.15) is 17.0 Å². The van der Waals surface area contributed by atoms with Crippen LogP contribution in [0.2, 0.25) is 0 Å². The molecule has 0 saturated heterocycles. The molecule has 0 atom stereocenters. The Hall–Kier alpha value is -4.13. The van der Waals surface area contributed by atoms with Crippen LogP contribution in [0.25, 0.3) is 38.8 Å². The van der Waals surface area contributed by atoms with Crippen LogP contribution in [-0.4, -0.2) is 19.7 Å². The first-order chi connectivity index (χ1) is 14.1. The third-order valence-electron chi connectivity index (χ3n) is 4.82. The Labute approximate surface area is 164 Å². The first-order valence-corrected chi connectivity index (χ1v) is 8.90. The molecule has 7 heteroatoms. The summed E-state index contributed by atoms with van der Waals surface area (Å²) in [6.07, 6.45) is 1.60. The summed E-state index contributed by atoms with van der Waals surface area (Å²) in [7, 11) is 0. The second-order valence-corrected chi connectivity index (χ2v) is 6.56. The summed E-state index contributed by atoms with van der Waals surface area (Å²) < 4.78 is 16.0. The number of aromatic nitrogens is 3. The minimum atomic E-state index is -0.452. The number of pyridine rings is 1. The van der Waals surface area contributed by atoms with Crippen LogP contribution in [-0.2, 0) is 0 Å². The number of nitro benzene ring substituents is 1. The quantitative estimate of drug-likeness (QED) is 0.313. The van der Waals surface area contributed by atoms with Crippen LogP contribution in [0, 0.1) is 15.9 Å². The van der Waals surface area contributed by atoms with Gasteiger partial charge in [-0.3, -0.25) is 15.1 Å². The van der Waals surface area contributed by atoms with Crippen LogP contribution >= 0.6 is 0 Å². The monoisotopic (exact) mass is 384 g/mol. The topological polar surface area (TPSA) is 73.8 Å². The van der Waals surface area contributed by atoms with E-state index in [1.54, 1.807) is 35.1 Å². The van der Waals surface area contributed by atoms with Crippen LogP contribution in [0.4, 0.5) is 10.1 Å². The molecule has 140 valence electrons. The number of hydrogen-bond donors (Lipinski definition) is 0. The van der Waals surface area contributed by atoms with Crippen LogP contribution in [0.1, 0.15) is 0 Å². The van der Waals surface area contributed by atoms with E-state index in [9.17, 15) is 14.5 Å². The lowest BCUT2D eigenvalue weighted by atomic mass is 10.1. The number of hydrogen-bond acceptors (Lipinski definition) is 4. The SMILES string of the molecule is O=[N+]([O-])c1cccc(-n2nc(-c3ccccc3)c3cnc4c(F)cccc4c32)c1. The van der Waals surface area contributed by atoms with Gasteiger partial charge in [-0.15, -0.1) is 0 Å². The van der Waals surface area contributed by atoms with E-state index in [-0.39, 0.29) is 11.2 Å². The zero-order valence-corrected chi connectivity index (χ0v) is 15.0. The lowest BCUT2D eigenvalue weighted by Crippen LogP contribution is -1.99. The van der Waals surface area contributed by atoms with Crippen molar-refractivity contribution in [2.75, 3.05) is 0 Å². The molecule has 0 bridgehead atoms. The molecule has 3 aromatic carbocycles. The van der Waals surface area contributed by atoms with Crippen molar-refractivity contribution >= 4 is 27.5 Å². The normalized spacial score (nSPS) is 11.2. The number of benzene rings is 3. The summed E-state index contributed by atoms with van der Waals surface area (Å²) in [5.41, 5.74) is 2.89. The lowest BCUT2D eigenvalue weighted by Gasteiger charge is -2.06. The van der Waals surface area contributed by atoms with E-state index in [0.29, 0.717) is 22.3 Å². The highest BCUT2D eigenvalue weighted by Crippen LogP contribution is 2.34. The molecule has 5 rings (SSSR count). The fraction of sp³-hybridized carbons (Fsp3) is 0. The maximum absolute atomic E-state index is 14.4. The molecule has 0 N–H and O–H groups in total. The highest BCUT2D eigenvalue weighted by Gasteiger charge is 2.19. The Kier molecular flexibility index (Phi) is 3.80. The van der Waals surface area contributed by atoms with Gasteiger partial charge in [-0.2, -0.15) is 5.10 Å². The minimum Gasteiger partial charge on any atom is -0.258 e. The van der Waals surface area contributed by atoms with Crippen molar-refractivity contribution in [1.82, 2.24) is 14.8 Å². The molecule has 0 fully saturated rings. The largest absolute Gasteiger partial charge is 0.271 e. The standard InChI is InChI=1S/C22H13FN4O2/c23-19-11-5-10-17-21(19)24-13-18-20(14-6-2-1-3-7-14)25-26(22(17)18)15-8-4-9-16(12-15)27(28)29/h1-13H. The van der Waals surface area contributed by atoms with Gasteiger partial charge in [0, 0.05) is 34.7 Å². The van der Waals surface area contributed by atoms with E-state index >= 15 is 0 Å². The third kappa shape index (κ3) is 2.71. The molecule has 5 aromatic rings. The van der Waals surface area contributed by atoms with Gasteiger partial charge < -0.3 is 0 Å². The maximum Gasteiger partial charge on any atom is 0.271 e. The predicted molar refractivity (Wildman–Crippen MR) is 108 cm³/mol. The minimum absolute atomic E-state index is 0.0445. The molecule has 0 unspecified atom stereocenters. The van der Waals surface area contributed by atoms with Crippen molar-refractivity contribution in [3.63, 3.8) is 0 Å². The molecule has 6 nitrogen and oxygen atoms in total. The second kappa shape index (κ2) is 6.49. The number of non-ortho nitro benzene ring substituents is 1. The Morgan fingerprint density at radius 1 is 0.931 bits per heavy atom. The molecular formula is C22H13FN4O2. The Balaban J connectivity index is 1.91. The average molecular weight is 384 g/mol. The van der Waals surface area contributed by atoms with E-state index in [4.69, 9.17) is 5.10 Å². The van der Waals surface area contributed by atoms with Gasteiger partial charge in [0.2, 0.25) is 0 Å². The number of para-hydroxylation sites is 1. The molecule has 0 aliphatic carbocycles. The molecule has 0 aliphatic rings. The Bertz CT molecular complexity index is 1400. The second-order valence-electron chi connectivity index (χ2n) is 6.56. The maximum atomic E-state index is 14.4. The fourth-order valence-electron chi connectivity index (χ4n) is 3.51. The van der Waals surface area contributed by atoms with Gasteiger partial charge in [0.15, 0.2) is 0 Å². The summed E-state index contributed by atoms with van der Waals surface area (Å²) in [6, 6.07) is 20.5. The van der Waals surface area contributed by atoms with Crippen molar-refractivity contribution < 1.29 is 9.31 Å². The smallest absolute Gasteiger partial charge is 0.258 e. The molecule has 0 saturated carbocycles. The van der Waals surface area contributed by atoms with Crippen molar-refractivity contribution in [3.05, 3.63) is 94.9 Å². The fourth-order valence-corrected chi connectivity index (χ4v) is 3.51.